The van der Waals surface area contributed by atoms with Gasteiger partial charge in [0.1, 0.15) is 0 Å². The van der Waals surface area contributed by atoms with Gasteiger partial charge >= 0.3 is 0 Å². The largest absolute Gasteiger partial charge is 0.399 e. The van der Waals surface area contributed by atoms with Crippen molar-refractivity contribution >= 4 is 27.0 Å². The van der Waals surface area contributed by atoms with E-state index in [4.69, 9.17) is 5.73 Å². The maximum atomic E-state index is 12.4. The molecule has 0 saturated carbocycles. The van der Waals surface area contributed by atoms with Crippen molar-refractivity contribution in [1.82, 2.24) is 4.31 Å². The first-order valence-electron chi connectivity index (χ1n) is 5.74. The fourth-order valence-corrected chi connectivity index (χ4v) is 3.79. The molecule has 19 heavy (non-hydrogen) atoms. The zero-order valence-electron chi connectivity index (χ0n) is 10.8. The second-order valence-electron chi connectivity index (χ2n) is 4.47. The maximum absolute atomic E-state index is 12.4. The summed E-state index contributed by atoms with van der Waals surface area (Å²) >= 11 is 1.55. The van der Waals surface area contributed by atoms with Crippen LogP contribution in [0.15, 0.2) is 39.9 Å². The third-order valence-corrected chi connectivity index (χ3v) is 5.28. The summed E-state index contributed by atoms with van der Waals surface area (Å²) in [6.07, 6.45) is 0. The molecular formula is C13H16N2O2S2. The Morgan fingerprint density at radius 2 is 2.05 bits per heavy atom. The average Bonchev–Trinajstić information content (AvgIpc) is 2.80. The first-order valence-corrected chi connectivity index (χ1v) is 8.12. The first kappa shape index (κ1) is 14.0. The molecule has 1 heterocycles. The number of rotatable bonds is 4. The van der Waals surface area contributed by atoms with Crippen molar-refractivity contribution in [1.29, 1.82) is 0 Å². The normalized spacial score (nSPS) is 11.9. The lowest BCUT2D eigenvalue weighted by atomic mass is 10.2. The van der Waals surface area contributed by atoms with Crippen molar-refractivity contribution in [2.75, 3.05) is 12.8 Å². The summed E-state index contributed by atoms with van der Waals surface area (Å²) in [4.78, 5) is 0.239. The summed E-state index contributed by atoms with van der Waals surface area (Å²) in [5.74, 6) is 0. The van der Waals surface area contributed by atoms with Gasteiger partial charge in [-0.15, -0.1) is 0 Å². The van der Waals surface area contributed by atoms with Gasteiger partial charge in [0.2, 0.25) is 10.0 Å². The minimum Gasteiger partial charge on any atom is -0.399 e. The molecule has 6 heteroatoms. The van der Waals surface area contributed by atoms with Crippen LogP contribution in [0.2, 0.25) is 0 Å². The Balaban J connectivity index is 2.31. The predicted octanol–water partition coefficient (Wildman–Crippen LogP) is 2.46. The molecule has 1 aromatic carbocycles. The lowest BCUT2D eigenvalue weighted by Gasteiger charge is -2.17. The van der Waals surface area contributed by atoms with E-state index < -0.39 is 10.0 Å². The quantitative estimate of drug-likeness (QED) is 0.882. The number of benzene rings is 1. The van der Waals surface area contributed by atoms with Crippen LogP contribution in [0.4, 0.5) is 5.69 Å². The van der Waals surface area contributed by atoms with Gasteiger partial charge in [0.05, 0.1) is 4.90 Å². The fourth-order valence-electron chi connectivity index (χ4n) is 1.83. The zero-order chi connectivity index (χ0) is 14.0. The second-order valence-corrected chi connectivity index (χ2v) is 7.30. The van der Waals surface area contributed by atoms with Gasteiger partial charge in [0.25, 0.3) is 0 Å². The number of nitrogens with zero attached hydrogens (tertiary/aromatic N) is 1. The number of nitrogen functional groups attached to an aromatic ring is 1. The highest BCUT2D eigenvalue weighted by molar-refractivity contribution is 7.89. The third kappa shape index (κ3) is 3.15. The van der Waals surface area contributed by atoms with E-state index >= 15 is 0 Å². The highest BCUT2D eigenvalue weighted by atomic mass is 32.2. The Labute approximate surface area is 117 Å². The van der Waals surface area contributed by atoms with Gasteiger partial charge in [-0.3, -0.25) is 0 Å². The van der Waals surface area contributed by atoms with Crippen molar-refractivity contribution < 1.29 is 8.42 Å². The molecule has 0 saturated heterocycles. The molecule has 0 bridgehead atoms. The number of anilines is 1. The van der Waals surface area contributed by atoms with Crippen LogP contribution in [0.25, 0.3) is 0 Å². The Morgan fingerprint density at radius 1 is 1.32 bits per heavy atom. The molecule has 2 rings (SSSR count). The van der Waals surface area contributed by atoms with Crippen LogP contribution in [-0.2, 0) is 16.6 Å². The molecular weight excluding hydrogens is 280 g/mol. The molecule has 2 aromatic rings. The number of hydrogen-bond donors (Lipinski definition) is 1. The number of nitrogens with two attached hydrogens (primary N) is 1. The molecule has 0 spiro atoms. The Morgan fingerprint density at radius 3 is 2.63 bits per heavy atom. The molecule has 0 aliphatic carbocycles. The minimum absolute atomic E-state index is 0.239. The van der Waals surface area contributed by atoms with Gasteiger partial charge in [-0.05, 0) is 53.1 Å². The first-order chi connectivity index (χ1) is 8.89. The highest BCUT2D eigenvalue weighted by Gasteiger charge is 2.21. The van der Waals surface area contributed by atoms with E-state index in [0.717, 1.165) is 11.1 Å². The molecule has 0 atom stereocenters. The molecule has 0 fully saturated rings. The number of sulfonamides is 1. The molecule has 102 valence electrons. The minimum atomic E-state index is -3.50. The van der Waals surface area contributed by atoms with Gasteiger partial charge in [0, 0.05) is 19.3 Å². The van der Waals surface area contributed by atoms with Crippen molar-refractivity contribution in [3.63, 3.8) is 0 Å². The van der Waals surface area contributed by atoms with Gasteiger partial charge < -0.3 is 5.73 Å². The predicted molar refractivity (Wildman–Crippen MR) is 78.6 cm³/mol. The SMILES string of the molecule is Cc1cc(N)cc(S(=O)(=O)N(C)Cc2ccsc2)c1. The lowest BCUT2D eigenvalue weighted by Crippen LogP contribution is -2.26. The number of aryl methyl sites for hydroxylation is 1. The molecule has 2 N–H and O–H groups in total. The number of hydrogen-bond acceptors (Lipinski definition) is 4. The van der Waals surface area contributed by atoms with Crippen molar-refractivity contribution in [2.45, 2.75) is 18.4 Å². The molecule has 0 radical (unpaired) electrons. The highest BCUT2D eigenvalue weighted by Crippen LogP contribution is 2.21. The van der Waals surface area contributed by atoms with Crippen LogP contribution in [0.1, 0.15) is 11.1 Å². The molecule has 0 unspecified atom stereocenters. The molecule has 1 aromatic heterocycles. The standard InChI is InChI=1S/C13H16N2O2S2/c1-10-5-12(14)7-13(6-10)19(16,17)15(2)8-11-3-4-18-9-11/h3-7,9H,8,14H2,1-2H3. The van der Waals surface area contributed by atoms with Crippen LogP contribution in [-0.4, -0.2) is 19.8 Å². The van der Waals surface area contributed by atoms with Crippen molar-refractivity contribution in [3.8, 4) is 0 Å². The Bertz CT molecular complexity index is 644. The van der Waals surface area contributed by atoms with E-state index in [1.807, 2.05) is 23.8 Å². The van der Waals surface area contributed by atoms with E-state index in [9.17, 15) is 8.42 Å². The summed E-state index contributed by atoms with van der Waals surface area (Å²) in [7, 11) is -1.93. The third-order valence-electron chi connectivity index (χ3n) is 2.77. The summed E-state index contributed by atoms with van der Waals surface area (Å²) in [5, 5.41) is 3.87. The van der Waals surface area contributed by atoms with E-state index in [-0.39, 0.29) is 4.90 Å². The lowest BCUT2D eigenvalue weighted by molar-refractivity contribution is 0.467. The van der Waals surface area contributed by atoms with E-state index in [0.29, 0.717) is 12.2 Å². The van der Waals surface area contributed by atoms with Gasteiger partial charge in [-0.25, -0.2) is 8.42 Å². The smallest absolute Gasteiger partial charge is 0.243 e. The van der Waals surface area contributed by atoms with E-state index in [2.05, 4.69) is 0 Å². The van der Waals surface area contributed by atoms with Gasteiger partial charge in [-0.1, -0.05) is 0 Å². The summed E-state index contributed by atoms with van der Waals surface area (Å²) < 4.78 is 26.2. The molecule has 4 nitrogen and oxygen atoms in total. The summed E-state index contributed by atoms with van der Waals surface area (Å²) in [5.41, 5.74) is 7.99. The monoisotopic (exact) mass is 296 g/mol. The number of thiophene rings is 1. The molecule has 0 aliphatic rings. The van der Waals surface area contributed by atoms with Crippen LogP contribution in [0.3, 0.4) is 0 Å². The van der Waals surface area contributed by atoms with Crippen LogP contribution in [0.5, 0.6) is 0 Å². The van der Waals surface area contributed by atoms with Gasteiger partial charge in [-0.2, -0.15) is 15.6 Å². The molecule has 0 amide bonds. The summed E-state index contributed by atoms with van der Waals surface area (Å²) in [6.45, 7) is 2.19. The second kappa shape index (κ2) is 5.32. The maximum Gasteiger partial charge on any atom is 0.243 e. The Kier molecular flexibility index (Phi) is 3.93. The summed E-state index contributed by atoms with van der Waals surface area (Å²) in [6, 6.07) is 6.79. The average molecular weight is 296 g/mol. The molecule has 0 aliphatic heterocycles. The van der Waals surface area contributed by atoms with Gasteiger partial charge in [0.15, 0.2) is 0 Å². The fraction of sp³-hybridized carbons (Fsp3) is 0.231. The van der Waals surface area contributed by atoms with Crippen LogP contribution >= 0.6 is 11.3 Å². The topological polar surface area (TPSA) is 63.4 Å². The van der Waals surface area contributed by atoms with E-state index in [1.165, 1.54) is 10.4 Å². The van der Waals surface area contributed by atoms with Crippen LogP contribution in [0, 0.1) is 6.92 Å². The van der Waals surface area contributed by atoms with Crippen molar-refractivity contribution in [2.24, 2.45) is 0 Å². The Hall–Kier alpha value is -1.37. The van der Waals surface area contributed by atoms with Crippen LogP contribution < -0.4 is 5.73 Å². The van der Waals surface area contributed by atoms with E-state index in [1.54, 1.807) is 30.5 Å². The van der Waals surface area contributed by atoms with Crippen molar-refractivity contribution in [3.05, 3.63) is 46.2 Å². The zero-order valence-corrected chi connectivity index (χ0v) is 12.5.